The van der Waals surface area contributed by atoms with E-state index in [-0.39, 0.29) is 6.79 Å². The summed E-state index contributed by atoms with van der Waals surface area (Å²) in [5.41, 5.74) is 1.12. The first-order valence-corrected chi connectivity index (χ1v) is 6.65. The largest absolute Gasteiger partial charge is 0.486 e. The van der Waals surface area contributed by atoms with Gasteiger partial charge in [-0.1, -0.05) is 6.92 Å². The van der Waals surface area contributed by atoms with Crippen LogP contribution in [-0.2, 0) is 13.2 Å². The molecular formula is C15H17NO4. The van der Waals surface area contributed by atoms with Gasteiger partial charge in [-0.3, -0.25) is 0 Å². The molecule has 3 rings (SSSR count). The van der Waals surface area contributed by atoms with Crippen LogP contribution in [0.5, 0.6) is 17.2 Å². The van der Waals surface area contributed by atoms with Crippen molar-refractivity contribution in [3.63, 3.8) is 0 Å². The number of fused-ring (bicyclic) bond motifs is 1. The molecule has 0 saturated heterocycles. The zero-order valence-electron chi connectivity index (χ0n) is 11.3. The van der Waals surface area contributed by atoms with E-state index in [1.165, 1.54) is 0 Å². The monoisotopic (exact) mass is 275 g/mol. The molecule has 0 amide bonds. The van der Waals surface area contributed by atoms with Crippen LogP contribution in [0, 0.1) is 0 Å². The first kappa shape index (κ1) is 12.9. The second-order valence-electron chi connectivity index (χ2n) is 4.45. The van der Waals surface area contributed by atoms with E-state index in [9.17, 15) is 0 Å². The fraction of sp³-hybridized carbons (Fsp3) is 0.333. The number of furan rings is 1. The number of nitrogens with one attached hydrogen (secondary N) is 1. The first-order chi connectivity index (χ1) is 9.86. The van der Waals surface area contributed by atoms with Crippen molar-refractivity contribution >= 4 is 0 Å². The Morgan fingerprint density at radius 3 is 3.00 bits per heavy atom. The van der Waals surface area contributed by atoms with E-state index in [2.05, 4.69) is 12.2 Å². The van der Waals surface area contributed by atoms with Crippen LogP contribution in [-0.4, -0.2) is 13.3 Å². The summed E-state index contributed by atoms with van der Waals surface area (Å²) in [7, 11) is 0. The quantitative estimate of drug-likeness (QED) is 0.878. The van der Waals surface area contributed by atoms with Gasteiger partial charge in [-0.05, 0) is 24.7 Å². The predicted molar refractivity (Wildman–Crippen MR) is 73.0 cm³/mol. The van der Waals surface area contributed by atoms with E-state index in [4.69, 9.17) is 18.6 Å². The number of rotatable bonds is 6. The molecule has 1 aliphatic rings. The lowest BCUT2D eigenvalue weighted by Gasteiger charge is -2.07. The Balaban J connectivity index is 1.63. The minimum Gasteiger partial charge on any atom is -0.486 e. The average molecular weight is 275 g/mol. The molecule has 1 aliphatic heterocycles. The van der Waals surface area contributed by atoms with Gasteiger partial charge in [0.1, 0.15) is 18.1 Å². The van der Waals surface area contributed by atoms with Crippen molar-refractivity contribution in [1.82, 2.24) is 5.32 Å². The van der Waals surface area contributed by atoms with Gasteiger partial charge in [-0.15, -0.1) is 0 Å². The zero-order chi connectivity index (χ0) is 13.8. The Hall–Kier alpha value is -2.14. The predicted octanol–water partition coefficient (Wildman–Crippen LogP) is 2.70. The molecule has 5 heteroatoms. The van der Waals surface area contributed by atoms with Gasteiger partial charge in [-0.2, -0.15) is 0 Å². The van der Waals surface area contributed by atoms with Crippen LogP contribution in [0.3, 0.4) is 0 Å². The van der Waals surface area contributed by atoms with Crippen LogP contribution >= 0.6 is 0 Å². The Kier molecular flexibility index (Phi) is 3.78. The summed E-state index contributed by atoms with van der Waals surface area (Å²) >= 11 is 0. The van der Waals surface area contributed by atoms with Gasteiger partial charge in [0, 0.05) is 18.2 Å². The zero-order valence-corrected chi connectivity index (χ0v) is 11.3. The molecule has 1 aromatic carbocycles. The molecule has 1 aromatic heterocycles. The molecule has 106 valence electrons. The van der Waals surface area contributed by atoms with Gasteiger partial charge in [-0.25, -0.2) is 0 Å². The Labute approximate surface area is 117 Å². The van der Waals surface area contributed by atoms with E-state index < -0.39 is 0 Å². The highest BCUT2D eigenvalue weighted by atomic mass is 16.7. The van der Waals surface area contributed by atoms with Crippen molar-refractivity contribution in [2.75, 3.05) is 13.3 Å². The molecular weight excluding hydrogens is 258 g/mol. The maximum Gasteiger partial charge on any atom is 0.231 e. The Morgan fingerprint density at radius 2 is 2.10 bits per heavy atom. The molecule has 2 heterocycles. The second kappa shape index (κ2) is 5.88. The summed E-state index contributed by atoms with van der Waals surface area (Å²) in [6.45, 7) is 4.44. The summed E-state index contributed by atoms with van der Waals surface area (Å²) in [6, 6.07) is 7.50. The molecule has 0 saturated carbocycles. The molecule has 5 nitrogen and oxygen atoms in total. The van der Waals surface area contributed by atoms with Crippen molar-refractivity contribution in [3.05, 3.63) is 41.9 Å². The normalized spacial score (nSPS) is 12.7. The number of hydrogen-bond donors (Lipinski definition) is 1. The lowest BCUT2D eigenvalue weighted by Crippen LogP contribution is -2.12. The molecule has 2 aromatic rings. The van der Waals surface area contributed by atoms with Crippen LogP contribution in [0.1, 0.15) is 18.2 Å². The molecule has 0 bridgehead atoms. The highest BCUT2D eigenvalue weighted by Gasteiger charge is 2.14. The number of hydrogen-bond acceptors (Lipinski definition) is 5. The topological polar surface area (TPSA) is 52.9 Å². The summed E-state index contributed by atoms with van der Waals surface area (Å²) < 4.78 is 21.8. The molecule has 20 heavy (non-hydrogen) atoms. The summed E-state index contributed by atoms with van der Waals surface area (Å²) in [4.78, 5) is 0. The van der Waals surface area contributed by atoms with Gasteiger partial charge >= 0.3 is 0 Å². The molecule has 0 radical (unpaired) electrons. The number of benzene rings is 1. The van der Waals surface area contributed by atoms with E-state index in [1.54, 1.807) is 6.26 Å². The third-order valence-electron chi connectivity index (χ3n) is 3.12. The van der Waals surface area contributed by atoms with Crippen LogP contribution in [0.4, 0.5) is 0 Å². The number of ether oxygens (including phenoxy) is 3. The molecule has 0 aliphatic carbocycles. The SMILES string of the molecule is CCNCc1ccoc1COc1ccc2c(c1)OCO2. The van der Waals surface area contributed by atoms with Crippen molar-refractivity contribution < 1.29 is 18.6 Å². The van der Waals surface area contributed by atoms with Crippen LogP contribution in [0.25, 0.3) is 0 Å². The maximum atomic E-state index is 5.74. The molecule has 0 spiro atoms. The smallest absolute Gasteiger partial charge is 0.231 e. The van der Waals surface area contributed by atoms with Crippen molar-refractivity contribution in [3.8, 4) is 17.2 Å². The first-order valence-electron chi connectivity index (χ1n) is 6.65. The van der Waals surface area contributed by atoms with Crippen LogP contribution in [0.15, 0.2) is 34.9 Å². The van der Waals surface area contributed by atoms with Crippen molar-refractivity contribution in [2.45, 2.75) is 20.1 Å². The third-order valence-corrected chi connectivity index (χ3v) is 3.12. The fourth-order valence-electron chi connectivity index (χ4n) is 2.03. The van der Waals surface area contributed by atoms with E-state index in [0.29, 0.717) is 6.61 Å². The average Bonchev–Trinajstić information content (AvgIpc) is 3.11. The Bertz CT molecular complexity index is 579. The third kappa shape index (κ3) is 2.72. The molecule has 0 unspecified atom stereocenters. The van der Waals surface area contributed by atoms with E-state index >= 15 is 0 Å². The summed E-state index contributed by atoms with van der Waals surface area (Å²) in [5, 5.41) is 3.27. The van der Waals surface area contributed by atoms with Crippen molar-refractivity contribution in [1.29, 1.82) is 0 Å². The van der Waals surface area contributed by atoms with Crippen molar-refractivity contribution in [2.24, 2.45) is 0 Å². The van der Waals surface area contributed by atoms with E-state index in [0.717, 1.165) is 41.7 Å². The fourth-order valence-corrected chi connectivity index (χ4v) is 2.03. The van der Waals surface area contributed by atoms with Gasteiger partial charge in [0.05, 0.1) is 6.26 Å². The van der Waals surface area contributed by atoms with Gasteiger partial charge in [0.25, 0.3) is 0 Å². The highest BCUT2D eigenvalue weighted by molar-refractivity contribution is 5.46. The minimum absolute atomic E-state index is 0.268. The molecule has 0 atom stereocenters. The van der Waals surface area contributed by atoms with Crippen LogP contribution in [0.2, 0.25) is 0 Å². The summed E-state index contributed by atoms with van der Waals surface area (Å²) in [5.74, 6) is 3.04. The lowest BCUT2D eigenvalue weighted by molar-refractivity contribution is 0.173. The molecule has 0 fully saturated rings. The van der Waals surface area contributed by atoms with Gasteiger partial charge in [0.2, 0.25) is 6.79 Å². The van der Waals surface area contributed by atoms with E-state index in [1.807, 2.05) is 24.3 Å². The second-order valence-corrected chi connectivity index (χ2v) is 4.45. The molecule has 1 N–H and O–H groups in total. The lowest BCUT2D eigenvalue weighted by atomic mass is 10.2. The van der Waals surface area contributed by atoms with Crippen LogP contribution < -0.4 is 19.5 Å². The standard InChI is InChI=1S/C15H17NO4/c1-2-16-8-11-5-6-17-15(11)9-18-12-3-4-13-14(7-12)20-10-19-13/h3-7,16H,2,8-10H2,1H3. The van der Waals surface area contributed by atoms with Gasteiger partial charge < -0.3 is 23.9 Å². The summed E-state index contributed by atoms with van der Waals surface area (Å²) in [6.07, 6.45) is 1.69. The maximum absolute atomic E-state index is 5.74. The van der Waals surface area contributed by atoms with Gasteiger partial charge in [0.15, 0.2) is 11.5 Å². The minimum atomic E-state index is 0.268. The highest BCUT2D eigenvalue weighted by Crippen LogP contribution is 2.35. The Morgan fingerprint density at radius 1 is 1.20 bits per heavy atom.